The zero-order valence-electron chi connectivity index (χ0n) is 6.79. The standard InChI is InChI=1S/C7H16N2O2/c1-5(2-3-8)6(10)4-7(9)11/h5-6,10H,2-4,8H2,1H3,(H2,9,11)/t5-,6+/m1/s1. The molecule has 0 unspecified atom stereocenters. The second kappa shape index (κ2) is 5.09. The van der Waals surface area contributed by atoms with Crippen molar-refractivity contribution in [2.24, 2.45) is 17.4 Å². The molecule has 0 saturated heterocycles. The normalized spacial score (nSPS) is 15.9. The van der Waals surface area contributed by atoms with Gasteiger partial charge in [0.05, 0.1) is 12.5 Å². The van der Waals surface area contributed by atoms with E-state index < -0.39 is 12.0 Å². The lowest BCUT2D eigenvalue weighted by Crippen LogP contribution is -2.26. The van der Waals surface area contributed by atoms with E-state index >= 15 is 0 Å². The third-order valence-corrected chi connectivity index (χ3v) is 1.69. The van der Waals surface area contributed by atoms with Gasteiger partial charge in [-0.1, -0.05) is 6.92 Å². The van der Waals surface area contributed by atoms with Gasteiger partial charge in [-0.2, -0.15) is 0 Å². The maximum Gasteiger partial charge on any atom is 0.220 e. The molecule has 0 aromatic heterocycles. The Balaban J connectivity index is 3.63. The van der Waals surface area contributed by atoms with Gasteiger partial charge in [-0.3, -0.25) is 4.79 Å². The van der Waals surface area contributed by atoms with E-state index in [2.05, 4.69) is 0 Å². The average Bonchev–Trinajstić information content (AvgIpc) is 1.86. The highest BCUT2D eigenvalue weighted by Crippen LogP contribution is 2.09. The number of amides is 1. The molecule has 5 N–H and O–H groups in total. The predicted molar refractivity (Wildman–Crippen MR) is 42.7 cm³/mol. The molecule has 0 aliphatic carbocycles. The summed E-state index contributed by atoms with van der Waals surface area (Å²) in [5.74, 6) is -0.422. The molecule has 0 radical (unpaired) electrons. The quantitative estimate of drug-likeness (QED) is 0.492. The maximum atomic E-state index is 10.3. The van der Waals surface area contributed by atoms with E-state index in [1.165, 1.54) is 0 Å². The van der Waals surface area contributed by atoms with Gasteiger partial charge in [0.15, 0.2) is 0 Å². The first kappa shape index (κ1) is 10.4. The van der Waals surface area contributed by atoms with Crippen LogP contribution in [0.5, 0.6) is 0 Å². The molecule has 4 nitrogen and oxygen atoms in total. The average molecular weight is 160 g/mol. The number of carbonyl (C=O) groups excluding carboxylic acids is 1. The number of primary amides is 1. The van der Waals surface area contributed by atoms with Crippen LogP contribution in [-0.4, -0.2) is 23.7 Å². The molecule has 0 rings (SSSR count). The lowest BCUT2D eigenvalue weighted by molar-refractivity contribution is -0.120. The smallest absolute Gasteiger partial charge is 0.220 e. The van der Waals surface area contributed by atoms with Crippen LogP contribution in [0.3, 0.4) is 0 Å². The van der Waals surface area contributed by atoms with Crippen LogP contribution >= 0.6 is 0 Å². The van der Waals surface area contributed by atoms with E-state index in [1.54, 1.807) is 0 Å². The van der Waals surface area contributed by atoms with Gasteiger partial charge in [0.25, 0.3) is 0 Å². The van der Waals surface area contributed by atoms with Gasteiger partial charge in [0.1, 0.15) is 0 Å². The highest BCUT2D eigenvalue weighted by molar-refractivity contribution is 5.74. The van der Waals surface area contributed by atoms with Crippen molar-refractivity contribution < 1.29 is 9.90 Å². The molecule has 4 heteroatoms. The molecule has 1 amide bonds. The van der Waals surface area contributed by atoms with Crippen molar-refractivity contribution in [1.29, 1.82) is 0 Å². The molecule has 0 spiro atoms. The van der Waals surface area contributed by atoms with Crippen LogP contribution < -0.4 is 11.5 Å². The SMILES string of the molecule is C[C@H](CCN)[C@@H](O)CC(N)=O. The fourth-order valence-electron chi connectivity index (χ4n) is 0.863. The van der Waals surface area contributed by atoms with Crippen molar-refractivity contribution in [2.45, 2.75) is 25.9 Å². The number of rotatable bonds is 5. The Morgan fingerprint density at radius 2 is 2.18 bits per heavy atom. The summed E-state index contributed by atoms with van der Waals surface area (Å²) < 4.78 is 0. The van der Waals surface area contributed by atoms with E-state index in [4.69, 9.17) is 11.5 Å². The summed E-state index contributed by atoms with van der Waals surface area (Å²) in [6.07, 6.45) is 0.103. The third kappa shape index (κ3) is 4.75. The van der Waals surface area contributed by atoms with E-state index in [-0.39, 0.29) is 12.3 Å². The Kier molecular flexibility index (Phi) is 4.81. The highest BCUT2D eigenvalue weighted by Gasteiger charge is 2.15. The molecule has 11 heavy (non-hydrogen) atoms. The fraction of sp³-hybridized carbons (Fsp3) is 0.857. The minimum atomic E-state index is -0.643. The number of carbonyl (C=O) groups is 1. The first-order chi connectivity index (χ1) is 5.07. The van der Waals surface area contributed by atoms with Crippen LogP contribution in [0.2, 0.25) is 0 Å². The van der Waals surface area contributed by atoms with Gasteiger partial charge in [0, 0.05) is 0 Å². The molecule has 0 fully saturated rings. The Labute approximate surface area is 66.6 Å². The van der Waals surface area contributed by atoms with Gasteiger partial charge < -0.3 is 16.6 Å². The van der Waals surface area contributed by atoms with Crippen molar-refractivity contribution in [3.05, 3.63) is 0 Å². The van der Waals surface area contributed by atoms with Crippen molar-refractivity contribution >= 4 is 5.91 Å². The molecule has 0 saturated carbocycles. The van der Waals surface area contributed by atoms with E-state index in [9.17, 15) is 9.90 Å². The van der Waals surface area contributed by atoms with Crippen LogP contribution in [0.1, 0.15) is 19.8 Å². The molecular formula is C7H16N2O2. The Hall–Kier alpha value is -0.610. The van der Waals surface area contributed by atoms with Crippen LogP contribution in [0.4, 0.5) is 0 Å². The number of nitrogens with two attached hydrogens (primary N) is 2. The zero-order valence-corrected chi connectivity index (χ0v) is 6.79. The Morgan fingerprint density at radius 3 is 2.55 bits per heavy atom. The van der Waals surface area contributed by atoms with Gasteiger partial charge in [0.2, 0.25) is 5.91 Å². The molecule has 0 aliphatic rings. The summed E-state index contributed by atoms with van der Waals surface area (Å²) in [6.45, 7) is 2.37. The number of hydrogen-bond donors (Lipinski definition) is 3. The lowest BCUT2D eigenvalue weighted by atomic mass is 9.98. The van der Waals surface area contributed by atoms with Gasteiger partial charge in [-0.05, 0) is 18.9 Å². The summed E-state index contributed by atoms with van der Waals surface area (Å²) in [6, 6.07) is 0. The second-order valence-corrected chi connectivity index (χ2v) is 2.79. The Bertz CT molecular complexity index is 128. The van der Waals surface area contributed by atoms with Crippen molar-refractivity contribution in [1.82, 2.24) is 0 Å². The van der Waals surface area contributed by atoms with Gasteiger partial charge in [-0.25, -0.2) is 0 Å². The van der Waals surface area contributed by atoms with Gasteiger partial charge >= 0.3 is 0 Å². The first-order valence-corrected chi connectivity index (χ1v) is 3.74. The minimum Gasteiger partial charge on any atom is -0.392 e. The summed E-state index contributed by atoms with van der Waals surface area (Å²) in [5, 5.41) is 9.26. The molecular weight excluding hydrogens is 144 g/mol. The van der Waals surface area contributed by atoms with Crippen LogP contribution in [-0.2, 0) is 4.79 Å². The van der Waals surface area contributed by atoms with Crippen LogP contribution in [0.15, 0.2) is 0 Å². The molecule has 66 valence electrons. The first-order valence-electron chi connectivity index (χ1n) is 3.74. The molecule has 0 heterocycles. The number of aliphatic hydroxyl groups excluding tert-OH is 1. The highest BCUT2D eigenvalue weighted by atomic mass is 16.3. The summed E-state index contributed by atoms with van der Waals surface area (Å²) in [7, 11) is 0. The van der Waals surface area contributed by atoms with E-state index in [1.807, 2.05) is 6.92 Å². The van der Waals surface area contributed by atoms with Crippen LogP contribution in [0.25, 0.3) is 0 Å². The van der Waals surface area contributed by atoms with Gasteiger partial charge in [-0.15, -0.1) is 0 Å². The topological polar surface area (TPSA) is 89.3 Å². The summed E-state index contributed by atoms with van der Waals surface area (Å²) in [5.41, 5.74) is 10.2. The van der Waals surface area contributed by atoms with Crippen molar-refractivity contribution in [3.63, 3.8) is 0 Å². The fourth-order valence-corrected chi connectivity index (χ4v) is 0.863. The molecule has 0 aromatic rings. The largest absolute Gasteiger partial charge is 0.392 e. The minimum absolute atomic E-state index is 0.0289. The van der Waals surface area contributed by atoms with Crippen LogP contribution in [0, 0.1) is 5.92 Å². The lowest BCUT2D eigenvalue weighted by Gasteiger charge is -2.15. The second-order valence-electron chi connectivity index (χ2n) is 2.79. The van der Waals surface area contributed by atoms with Crippen molar-refractivity contribution in [3.8, 4) is 0 Å². The van der Waals surface area contributed by atoms with E-state index in [0.29, 0.717) is 13.0 Å². The Morgan fingerprint density at radius 1 is 1.64 bits per heavy atom. The predicted octanol–water partition coefficient (Wildman–Crippen LogP) is -0.792. The summed E-state index contributed by atoms with van der Waals surface area (Å²) >= 11 is 0. The number of aliphatic hydroxyl groups is 1. The monoisotopic (exact) mass is 160 g/mol. The zero-order chi connectivity index (χ0) is 8.85. The molecule has 2 atom stereocenters. The van der Waals surface area contributed by atoms with E-state index in [0.717, 1.165) is 0 Å². The summed E-state index contributed by atoms with van der Waals surface area (Å²) in [4.78, 5) is 10.3. The molecule has 0 aromatic carbocycles. The van der Waals surface area contributed by atoms with Crippen molar-refractivity contribution in [2.75, 3.05) is 6.54 Å². The third-order valence-electron chi connectivity index (χ3n) is 1.69. The number of hydrogen-bond acceptors (Lipinski definition) is 3. The maximum absolute atomic E-state index is 10.3. The molecule has 0 bridgehead atoms. The molecule has 0 aliphatic heterocycles.